The van der Waals surface area contributed by atoms with Crippen LogP contribution < -0.4 is 5.19 Å². The Bertz CT molecular complexity index is 594. The largest absolute Gasteiger partial charge is 0.462 e. The smallest absolute Gasteiger partial charge is 0.338 e. The van der Waals surface area contributed by atoms with Crippen LogP contribution in [0.4, 0.5) is 0 Å². The number of hydrogen-bond acceptors (Lipinski definition) is 3. The highest BCUT2D eigenvalue weighted by Gasteiger charge is 2.18. The van der Waals surface area contributed by atoms with Crippen molar-refractivity contribution in [3.05, 3.63) is 41.3 Å². The number of benzene rings is 1. The Kier molecular flexibility index (Phi) is 4.45. The minimum Gasteiger partial charge on any atom is -0.462 e. The summed E-state index contributed by atoms with van der Waals surface area (Å²) in [4.78, 5) is 12.9. The van der Waals surface area contributed by atoms with Gasteiger partial charge >= 0.3 is 5.97 Å². The third-order valence-corrected chi connectivity index (χ3v) is 6.36. The van der Waals surface area contributed by atoms with Crippen LogP contribution in [0.3, 0.4) is 0 Å². The van der Waals surface area contributed by atoms with E-state index in [-0.39, 0.29) is 5.97 Å². The van der Waals surface area contributed by atoms with Crippen molar-refractivity contribution in [1.29, 1.82) is 0 Å². The Hall–Kier alpha value is -1.39. The standard InChI is InChI=1S/C16H20O2SSi/c1-5-18-16(17)13-8-6-12(7-9-13)15-10-14(11-19-15)20(2,3)4/h6-11H,5H2,1-4H3. The first-order valence-corrected chi connectivity index (χ1v) is 11.2. The van der Waals surface area contributed by atoms with Gasteiger partial charge in [0.2, 0.25) is 0 Å². The summed E-state index contributed by atoms with van der Waals surface area (Å²) in [5.41, 5.74) is 1.77. The van der Waals surface area contributed by atoms with Gasteiger partial charge in [0.15, 0.2) is 0 Å². The zero-order chi connectivity index (χ0) is 14.8. The lowest BCUT2D eigenvalue weighted by Gasteiger charge is -2.12. The number of carbonyl (C=O) groups excluding carboxylic acids is 1. The van der Waals surface area contributed by atoms with Gasteiger partial charge in [-0.05, 0) is 41.3 Å². The van der Waals surface area contributed by atoms with Crippen molar-refractivity contribution in [3.63, 3.8) is 0 Å². The molecule has 0 aliphatic rings. The van der Waals surface area contributed by atoms with Gasteiger partial charge in [0, 0.05) is 4.88 Å². The summed E-state index contributed by atoms with van der Waals surface area (Å²) in [7, 11) is -1.25. The molecular weight excluding hydrogens is 284 g/mol. The Labute approximate surface area is 125 Å². The Morgan fingerprint density at radius 3 is 2.35 bits per heavy atom. The Morgan fingerprint density at radius 2 is 1.85 bits per heavy atom. The first kappa shape index (κ1) is 15.0. The molecule has 0 fully saturated rings. The topological polar surface area (TPSA) is 26.3 Å². The molecule has 0 unspecified atom stereocenters. The van der Waals surface area contributed by atoms with Crippen LogP contribution in [0.1, 0.15) is 17.3 Å². The number of thiophene rings is 1. The van der Waals surface area contributed by atoms with Gasteiger partial charge in [-0.15, -0.1) is 11.3 Å². The molecule has 0 aliphatic heterocycles. The first-order valence-electron chi connectivity index (χ1n) is 6.78. The predicted molar refractivity (Wildman–Crippen MR) is 88.7 cm³/mol. The summed E-state index contributed by atoms with van der Waals surface area (Å²) in [5, 5.41) is 3.74. The molecular formula is C16H20O2SSi. The van der Waals surface area contributed by atoms with Crippen LogP contribution in [0.5, 0.6) is 0 Å². The summed E-state index contributed by atoms with van der Waals surface area (Å²) >= 11 is 1.77. The van der Waals surface area contributed by atoms with Crippen molar-refractivity contribution in [2.45, 2.75) is 26.6 Å². The van der Waals surface area contributed by atoms with Crippen LogP contribution in [0, 0.1) is 0 Å². The molecule has 0 atom stereocenters. The quantitative estimate of drug-likeness (QED) is 0.627. The molecule has 2 rings (SSSR count). The van der Waals surface area contributed by atoms with E-state index in [1.807, 2.05) is 31.2 Å². The third-order valence-electron chi connectivity index (χ3n) is 3.15. The lowest BCUT2D eigenvalue weighted by Crippen LogP contribution is -2.36. The molecule has 1 aromatic carbocycles. The van der Waals surface area contributed by atoms with Gasteiger partial charge in [-0.3, -0.25) is 0 Å². The maximum Gasteiger partial charge on any atom is 0.338 e. The maximum atomic E-state index is 11.6. The monoisotopic (exact) mass is 304 g/mol. The van der Waals surface area contributed by atoms with Gasteiger partial charge in [-0.25, -0.2) is 4.79 Å². The van der Waals surface area contributed by atoms with Crippen molar-refractivity contribution < 1.29 is 9.53 Å². The van der Waals surface area contributed by atoms with E-state index in [1.165, 1.54) is 10.1 Å². The molecule has 2 nitrogen and oxygen atoms in total. The van der Waals surface area contributed by atoms with Crippen molar-refractivity contribution in [1.82, 2.24) is 0 Å². The van der Waals surface area contributed by atoms with Crippen LogP contribution in [0.15, 0.2) is 35.7 Å². The average Bonchev–Trinajstić information content (AvgIpc) is 2.89. The van der Waals surface area contributed by atoms with E-state index >= 15 is 0 Å². The van der Waals surface area contributed by atoms with E-state index in [9.17, 15) is 4.79 Å². The molecule has 0 aliphatic carbocycles. The molecule has 2 aromatic rings. The molecule has 0 spiro atoms. The molecule has 0 saturated carbocycles. The summed E-state index contributed by atoms with van der Waals surface area (Å²) in [6, 6.07) is 9.94. The first-order chi connectivity index (χ1) is 9.41. The van der Waals surface area contributed by atoms with Crippen LogP contribution in [-0.4, -0.2) is 20.7 Å². The van der Waals surface area contributed by atoms with Gasteiger partial charge in [0.1, 0.15) is 0 Å². The van der Waals surface area contributed by atoms with Gasteiger partial charge < -0.3 is 4.74 Å². The molecule has 106 valence electrons. The normalized spacial score (nSPS) is 11.4. The number of esters is 1. The van der Waals surface area contributed by atoms with E-state index in [2.05, 4.69) is 31.1 Å². The van der Waals surface area contributed by atoms with Crippen molar-refractivity contribution >= 4 is 30.6 Å². The fourth-order valence-electron chi connectivity index (χ4n) is 1.87. The molecule has 0 bridgehead atoms. The molecule has 1 heterocycles. The lowest BCUT2D eigenvalue weighted by atomic mass is 10.1. The fourth-order valence-corrected chi connectivity index (χ4v) is 4.93. The molecule has 0 amide bonds. The Morgan fingerprint density at radius 1 is 1.20 bits per heavy atom. The second-order valence-corrected chi connectivity index (χ2v) is 11.7. The summed E-state index contributed by atoms with van der Waals surface area (Å²) in [6.45, 7) is 9.27. The maximum absolute atomic E-state index is 11.6. The Balaban J connectivity index is 2.22. The van der Waals surface area contributed by atoms with E-state index in [0.29, 0.717) is 12.2 Å². The second-order valence-electron chi connectivity index (χ2n) is 5.75. The summed E-state index contributed by atoms with van der Waals surface area (Å²) in [5.74, 6) is -0.256. The highest BCUT2D eigenvalue weighted by atomic mass is 32.1. The zero-order valence-electron chi connectivity index (χ0n) is 12.4. The molecule has 20 heavy (non-hydrogen) atoms. The van der Waals surface area contributed by atoms with E-state index in [0.717, 1.165) is 5.56 Å². The van der Waals surface area contributed by atoms with E-state index < -0.39 is 8.07 Å². The van der Waals surface area contributed by atoms with Gasteiger partial charge in [-0.2, -0.15) is 0 Å². The highest BCUT2D eigenvalue weighted by Crippen LogP contribution is 2.25. The molecule has 4 heteroatoms. The lowest BCUT2D eigenvalue weighted by molar-refractivity contribution is 0.0526. The van der Waals surface area contributed by atoms with E-state index in [4.69, 9.17) is 4.74 Å². The van der Waals surface area contributed by atoms with Crippen molar-refractivity contribution in [2.24, 2.45) is 0 Å². The average molecular weight is 304 g/mol. The van der Waals surface area contributed by atoms with Gasteiger partial charge in [0.05, 0.1) is 20.2 Å². The zero-order valence-corrected chi connectivity index (χ0v) is 14.2. The fraction of sp³-hybridized carbons (Fsp3) is 0.312. The molecule has 1 aromatic heterocycles. The SMILES string of the molecule is CCOC(=O)c1ccc(-c2cc([Si](C)(C)C)cs2)cc1. The van der Waals surface area contributed by atoms with Crippen molar-refractivity contribution in [2.75, 3.05) is 6.61 Å². The number of rotatable bonds is 4. The van der Waals surface area contributed by atoms with E-state index in [1.54, 1.807) is 11.3 Å². The third kappa shape index (κ3) is 3.38. The highest BCUT2D eigenvalue weighted by molar-refractivity contribution is 7.15. The van der Waals surface area contributed by atoms with Crippen LogP contribution >= 0.6 is 11.3 Å². The minimum atomic E-state index is -1.25. The molecule has 0 radical (unpaired) electrons. The second kappa shape index (κ2) is 5.93. The van der Waals surface area contributed by atoms with Crippen molar-refractivity contribution in [3.8, 4) is 10.4 Å². The molecule has 0 saturated heterocycles. The number of ether oxygens (including phenoxy) is 1. The van der Waals surface area contributed by atoms with Gasteiger partial charge in [0.25, 0.3) is 0 Å². The summed E-state index contributed by atoms with van der Waals surface area (Å²) in [6.07, 6.45) is 0. The number of carbonyl (C=O) groups is 1. The molecule has 0 N–H and O–H groups in total. The van der Waals surface area contributed by atoms with Crippen LogP contribution in [-0.2, 0) is 4.74 Å². The van der Waals surface area contributed by atoms with Gasteiger partial charge in [-0.1, -0.05) is 31.8 Å². The minimum absolute atomic E-state index is 0.256. The summed E-state index contributed by atoms with van der Waals surface area (Å²) < 4.78 is 4.99. The number of hydrogen-bond donors (Lipinski definition) is 0. The predicted octanol–water partition coefficient (Wildman–Crippen LogP) is 4.14. The van der Waals surface area contributed by atoms with Crippen LogP contribution in [0.2, 0.25) is 19.6 Å². The van der Waals surface area contributed by atoms with Crippen LogP contribution in [0.25, 0.3) is 10.4 Å².